The lowest BCUT2D eigenvalue weighted by Gasteiger charge is -2.17. The first-order valence-electron chi connectivity index (χ1n) is 6.71. The van der Waals surface area contributed by atoms with Crippen molar-refractivity contribution in [3.63, 3.8) is 0 Å². The van der Waals surface area contributed by atoms with Crippen molar-refractivity contribution < 1.29 is 0 Å². The molecule has 100 valence electrons. The minimum absolute atomic E-state index is 0.0110. The van der Waals surface area contributed by atoms with E-state index < -0.39 is 0 Å². The SMILES string of the molecule is CCCc1ccc(C(NN)c2cncc(C)c2)cc1. The Kier molecular flexibility index (Phi) is 4.66. The smallest absolute Gasteiger partial charge is 0.0725 e. The topological polar surface area (TPSA) is 50.9 Å². The summed E-state index contributed by atoms with van der Waals surface area (Å²) in [4.78, 5) is 4.23. The van der Waals surface area contributed by atoms with Crippen molar-refractivity contribution >= 4 is 0 Å². The van der Waals surface area contributed by atoms with E-state index in [1.807, 2.05) is 19.3 Å². The summed E-state index contributed by atoms with van der Waals surface area (Å²) in [5.74, 6) is 5.71. The van der Waals surface area contributed by atoms with Gasteiger partial charge in [0, 0.05) is 12.4 Å². The monoisotopic (exact) mass is 255 g/mol. The number of nitrogens with two attached hydrogens (primary N) is 1. The Labute approximate surface area is 114 Å². The van der Waals surface area contributed by atoms with Crippen LogP contribution in [0.3, 0.4) is 0 Å². The second-order valence-corrected chi connectivity index (χ2v) is 4.89. The van der Waals surface area contributed by atoms with Gasteiger partial charge in [0.1, 0.15) is 0 Å². The fourth-order valence-corrected chi connectivity index (χ4v) is 2.29. The summed E-state index contributed by atoms with van der Waals surface area (Å²) in [5, 5.41) is 0. The Morgan fingerprint density at radius 2 is 1.89 bits per heavy atom. The van der Waals surface area contributed by atoms with Gasteiger partial charge in [0.25, 0.3) is 0 Å². The van der Waals surface area contributed by atoms with Crippen molar-refractivity contribution in [2.75, 3.05) is 0 Å². The van der Waals surface area contributed by atoms with Crippen LogP contribution < -0.4 is 11.3 Å². The largest absolute Gasteiger partial charge is 0.271 e. The molecule has 1 aromatic carbocycles. The Morgan fingerprint density at radius 1 is 1.16 bits per heavy atom. The lowest BCUT2D eigenvalue weighted by Crippen LogP contribution is -2.29. The van der Waals surface area contributed by atoms with Gasteiger partial charge < -0.3 is 0 Å². The lowest BCUT2D eigenvalue weighted by molar-refractivity contribution is 0.634. The van der Waals surface area contributed by atoms with Crippen molar-refractivity contribution in [3.05, 3.63) is 65.0 Å². The molecule has 0 bridgehead atoms. The molecule has 0 aliphatic heterocycles. The van der Waals surface area contributed by atoms with E-state index in [-0.39, 0.29) is 6.04 Å². The quantitative estimate of drug-likeness (QED) is 0.638. The standard InChI is InChI=1S/C16H21N3/c1-3-4-13-5-7-14(8-6-13)16(19-17)15-9-12(2)10-18-11-15/h5-11,16,19H,3-4,17H2,1-2H3. The molecule has 3 heteroatoms. The van der Waals surface area contributed by atoms with Gasteiger partial charge in [0.05, 0.1) is 6.04 Å². The zero-order valence-corrected chi connectivity index (χ0v) is 11.6. The summed E-state index contributed by atoms with van der Waals surface area (Å²) in [5.41, 5.74) is 7.63. The number of hydrogen-bond donors (Lipinski definition) is 2. The molecule has 0 spiro atoms. The highest BCUT2D eigenvalue weighted by Gasteiger charge is 2.12. The molecule has 0 fully saturated rings. The number of aryl methyl sites for hydroxylation is 2. The maximum Gasteiger partial charge on any atom is 0.0725 e. The van der Waals surface area contributed by atoms with Gasteiger partial charge in [-0.3, -0.25) is 10.8 Å². The molecule has 0 amide bonds. The number of pyridine rings is 1. The third-order valence-electron chi connectivity index (χ3n) is 3.25. The Bertz CT molecular complexity index is 520. The van der Waals surface area contributed by atoms with Crippen LogP contribution >= 0.6 is 0 Å². The van der Waals surface area contributed by atoms with E-state index in [2.05, 4.69) is 47.7 Å². The van der Waals surface area contributed by atoms with Gasteiger partial charge in [-0.25, -0.2) is 5.43 Å². The molecule has 2 aromatic rings. The molecule has 0 aliphatic carbocycles. The fraction of sp³-hybridized carbons (Fsp3) is 0.312. The highest BCUT2D eigenvalue weighted by Crippen LogP contribution is 2.22. The van der Waals surface area contributed by atoms with Crippen LogP contribution in [0.15, 0.2) is 42.7 Å². The van der Waals surface area contributed by atoms with Gasteiger partial charge in [-0.1, -0.05) is 43.7 Å². The minimum Gasteiger partial charge on any atom is -0.271 e. The normalized spacial score (nSPS) is 12.4. The molecule has 0 radical (unpaired) electrons. The van der Waals surface area contributed by atoms with Crippen molar-refractivity contribution in [1.29, 1.82) is 0 Å². The van der Waals surface area contributed by atoms with Crippen LogP contribution in [0.2, 0.25) is 0 Å². The summed E-state index contributed by atoms with van der Waals surface area (Å²) in [6.07, 6.45) is 5.99. The van der Waals surface area contributed by atoms with Crippen LogP contribution in [0.1, 0.15) is 41.6 Å². The zero-order valence-electron chi connectivity index (χ0n) is 11.6. The molecule has 2 rings (SSSR count). The number of hydrazine groups is 1. The second kappa shape index (κ2) is 6.45. The van der Waals surface area contributed by atoms with Crippen molar-refractivity contribution in [2.45, 2.75) is 32.7 Å². The maximum absolute atomic E-state index is 5.71. The van der Waals surface area contributed by atoms with E-state index in [4.69, 9.17) is 5.84 Å². The summed E-state index contributed by atoms with van der Waals surface area (Å²) < 4.78 is 0. The Morgan fingerprint density at radius 3 is 2.47 bits per heavy atom. The third kappa shape index (κ3) is 3.40. The van der Waals surface area contributed by atoms with Gasteiger partial charge in [-0.05, 0) is 35.6 Å². The number of rotatable bonds is 5. The van der Waals surface area contributed by atoms with Gasteiger partial charge in [0.2, 0.25) is 0 Å². The average Bonchev–Trinajstić information content (AvgIpc) is 2.42. The van der Waals surface area contributed by atoms with Gasteiger partial charge >= 0.3 is 0 Å². The van der Waals surface area contributed by atoms with Crippen LogP contribution in [-0.4, -0.2) is 4.98 Å². The van der Waals surface area contributed by atoms with Gasteiger partial charge in [-0.15, -0.1) is 0 Å². The summed E-state index contributed by atoms with van der Waals surface area (Å²) in [7, 11) is 0. The molecule has 0 saturated heterocycles. The summed E-state index contributed by atoms with van der Waals surface area (Å²) in [6.45, 7) is 4.23. The van der Waals surface area contributed by atoms with Crippen molar-refractivity contribution in [2.24, 2.45) is 5.84 Å². The Balaban J connectivity index is 2.26. The second-order valence-electron chi connectivity index (χ2n) is 4.89. The Hall–Kier alpha value is -1.71. The zero-order chi connectivity index (χ0) is 13.7. The number of hydrogen-bond acceptors (Lipinski definition) is 3. The van der Waals surface area contributed by atoms with Crippen LogP contribution in [0.5, 0.6) is 0 Å². The third-order valence-corrected chi connectivity index (χ3v) is 3.25. The maximum atomic E-state index is 5.71. The molecular formula is C16H21N3. The van der Waals surface area contributed by atoms with E-state index >= 15 is 0 Å². The molecule has 1 unspecified atom stereocenters. The van der Waals surface area contributed by atoms with Crippen LogP contribution in [0.25, 0.3) is 0 Å². The first-order chi connectivity index (χ1) is 9.24. The molecule has 1 heterocycles. The number of nitrogens with one attached hydrogen (secondary N) is 1. The van der Waals surface area contributed by atoms with E-state index in [1.165, 1.54) is 12.0 Å². The molecule has 0 saturated carbocycles. The molecular weight excluding hydrogens is 234 g/mol. The number of aromatic nitrogens is 1. The molecule has 1 atom stereocenters. The fourth-order valence-electron chi connectivity index (χ4n) is 2.29. The van der Waals surface area contributed by atoms with Crippen molar-refractivity contribution in [1.82, 2.24) is 10.4 Å². The number of nitrogens with zero attached hydrogens (tertiary/aromatic N) is 1. The number of benzene rings is 1. The molecule has 3 N–H and O–H groups in total. The lowest BCUT2D eigenvalue weighted by atomic mass is 9.98. The minimum atomic E-state index is -0.0110. The van der Waals surface area contributed by atoms with E-state index in [0.29, 0.717) is 0 Å². The molecule has 1 aromatic heterocycles. The van der Waals surface area contributed by atoms with E-state index in [9.17, 15) is 0 Å². The molecule has 19 heavy (non-hydrogen) atoms. The predicted octanol–water partition coefficient (Wildman–Crippen LogP) is 2.90. The highest BCUT2D eigenvalue weighted by atomic mass is 15.2. The summed E-state index contributed by atoms with van der Waals surface area (Å²) in [6, 6.07) is 10.7. The van der Waals surface area contributed by atoms with Crippen LogP contribution in [0.4, 0.5) is 0 Å². The highest BCUT2D eigenvalue weighted by molar-refractivity contribution is 5.33. The van der Waals surface area contributed by atoms with Gasteiger partial charge in [-0.2, -0.15) is 0 Å². The molecule has 3 nitrogen and oxygen atoms in total. The van der Waals surface area contributed by atoms with E-state index in [0.717, 1.165) is 23.1 Å². The first kappa shape index (κ1) is 13.7. The average molecular weight is 255 g/mol. The van der Waals surface area contributed by atoms with Gasteiger partial charge in [0.15, 0.2) is 0 Å². The first-order valence-corrected chi connectivity index (χ1v) is 6.71. The van der Waals surface area contributed by atoms with Crippen LogP contribution in [0, 0.1) is 6.92 Å². The predicted molar refractivity (Wildman–Crippen MR) is 78.6 cm³/mol. The molecule has 0 aliphatic rings. The summed E-state index contributed by atoms with van der Waals surface area (Å²) >= 11 is 0. The van der Waals surface area contributed by atoms with Crippen molar-refractivity contribution in [3.8, 4) is 0 Å². The van der Waals surface area contributed by atoms with E-state index in [1.54, 1.807) is 0 Å². The van der Waals surface area contributed by atoms with Crippen LogP contribution in [-0.2, 0) is 6.42 Å².